The first kappa shape index (κ1) is 17.0. The zero-order chi connectivity index (χ0) is 15.0. The molecule has 2 atom stereocenters. The molecule has 3 nitrogen and oxygen atoms in total. The average Bonchev–Trinajstić information content (AvgIpc) is 2.39. The second-order valence-corrected chi connectivity index (χ2v) is 5.74. The highest BCUT2D eigenvalue weighted by atomic mass is 16.5. The number of aryl methyl sites for hydroxylation is 2. The topological polar surface area (TPSA) is 41.5 Å². The monoisotopic (exact) mass is 279 g/mol. The SMILES string of the molecule is CCCCC(C)NCC(O)COc1cc(C)cc(C)c1. The van der Waals surface area contributed by atoms with Gasteiger partial charge >= 0.3 is 0 Å². The van der Waals surface area contributed by atoms with Gasteiger partial charge in [0.15, 0.2) is 0 Å². The summed E-state index contributed by atoms with van der Waals surface area (Å²) in [4.78, 5) is 0. The number of hydrogen-bond acceptors (Lipinski definition) is 3. The van der Waals surface area contributed by atoms with Crippen LogP contribution >= 0.6 is 0 Å². The maximum absolute atomic E-state index is 9.94. The Kier molecular flexibility index (Phi) is 7.63. The number of benzene rings is 1. The standard InChI is InChI=1S/C17H29NO2/c1-5-6-7-15(4)18-11-16(19)12-20-17-9-13(2)8-14(3)10-17/h8-10,15-16,18-19H,5-7,11-12H2,1-4H3. The van der Waals surface area contributed by atoms with Gasteiger partial charge in [0.2, 0.25) is 0 Å². The van der Waals surface area contributed by atoms with Crippen molar-refractivity contribution in [3.05, 3.63) is 29.3 Å². The summed E-state index contributed by atoms with van der Waals surface area (Å²) < 4.78 is 5.65. The molecule has 1 aromatic carbocycles. The molecule has 0 saturated heterocycles. The summed E-state index contributed by atoms with van der Waals surface area (Å²) in [6, 6.07) is 6.56. The van der Waals surface area contributed by atoms with Gasteiger partial charge < -0.3 is 15.2 Å². The molecule has 0 aliphatic carbocycles. The van der Waals surface area contributed by atoms with E-state index in [1.165, 1.54) is 24.0 Å². The van der Waals surface area contributed by atoms with Crippen LogP contribution in [0.1, 0.15) is 44.2 Å². The van der Waals surface area contributed by atoms with Crippen LogP contribution < -0.4 is 10.1 Å². The molecular formula is C17H29NO2. The predicted molar refractivity (Wildman–Crippen MR) is 84.4 cm³/mol. The van der Waals surface area contributed by atoms with E-state index in [-0.39, 0.29) is 0 Å². The highest BCUT2D eigenvalue weighted by Gasteiger charge is 2.08. The molecular weight excluding hydrogens is 250 g/mol. The van der Waals surface area contributed by atoms with Gasteiger partial charge in [-0.15, -0.1) is 0 Å². The summed E-state index contributed by atoms with van der Waals surface area (Å²) in [5.41, 5.74) is 2.36. The Bertz CT molecular complexity index is 372. The van der Waals surface area contributed by atoms with Crippen molar-refractivity contribution in [2.24, 2.45) is 0 Å². The molecule has 0 radical (unpaired) electrons. The maximum atomic E-state index is 9.94. The zero-order valence-corrected chi connectivity index (χ0v) is 13.3. The third kappa shape index (κ3) is 6.92. The molecule has 20 heavy (non-hydrogen) atoms. The van der Waals surface area contributed by atoms with Crippen molar-refractivity contribution in [2.45, 2.75) is 59.1 Å². The van der Waals surface area contributed by atoms with E-state index in [1.807, 2.05) is 26.0 Å². The van der Waals surface area contributed by atoms with E-state index in [4.69, 9.17) is 4.74 Å². The molecule has 0 fully saturated rings. The lowest BCUT2D eigenvalue weighted by atomic mass is 10.1. The fraction of sp³-hybridized carbons (Fsp3) is 0.647. The summed E-state index contributed by atoms with van der Waals surface area (Å²) in [5.74, 6) is 0.834. The number of ether oxygens (including phenoxy) is 1. The Balaban J connectivity index is 2.27. The van der Waals surface area contributed by atoms with Crippen molar-refractivity contribution in [1.82, 2.24) is 5.32 Å². The van der Waals surface area contributed by atoms with Crippen LogP contribution in [0.15, 0.2) is 18.2 Å². The van der Waals surface area contributed by atoms with Crippen LogP contribution in [-0.2, 0) is 0 Å². The third-order valence-electron chi connectivity index (χ3n) is 3.33. The summed E-state index contributed by atoms with van der Waals surface area (Å²) in [5, 5.41) is 13.3. The van der Waals surface area contributed by atoms with E-state index in [0.717, 1.165) is 12.2 Å². The van der Waals surface area contributed by atoms with E-state index < -0.39 is 6.10 Å². The minimum atomic E-state index is -0.472. The van der Waals surface area contributed by atoms with Crippen LogP contribution in [0.3, 0.4) is 0 Å². The Morgan fingerprint density at radius 2 is 1.85 bits per heavy atom. The molecule has 1 rings (SSSR count). The van der Waals surface area contributed by atoms with Crippen molar-refractivity contribution in [1.29, 1.82) is 0 Å². The first-order chi connectivity index (χ1) is 9.51. The van der Waals surface area contributed by atoms with E-state index >= 15 is 0 Å². The van der Waals surface area contributed by atoms with Crippen LogP contribution in [0.4, 0.5) is 0 Å². The van der Waals surface area contributed by atoms with Crippen molar-refractivity contribution in [3.8, 4) is 5.75 Å². The van der Waals surface area contributed by atoms with Crippen molar-refractivity contribution >= 4 is 0 Å². The quantitative estimate of drug-likeness (QED) is 0.729. The van der Waals surface area contributed by atoms with Crippen molar-refractivity contribution in [3.63, 3.8) is 0 Å². The second kappa shape index (κ2) is 8.98. The maximum Gasteiger partial charge on any atom is 0.119 e. The Morgan fingerprint density at radius 1 is 1.20 bits per heavy atom. The third-order valence-corrected chi connectivity index (χ3v) is 3.33. The largest absolute Gasteiger partial charge is 0.491 e. The predicted octanol–water partition coefficient (Wildman–Crippen LogP) is 3.21. The van der Waals surface area contributed by atoms with Gasteiger partial charge in [-0.05, 0) is 50.5 Å². The van der Waals surface area contributed by atoms with Crippen LogP contribution in [0.25, 0.3) is 0 Å². The molecule has 1 aromatic rings. The molecule has 0 aromatic heterocycles. The molecule has 0 amide bonds. The first-order valence-corrected chi connectivity index (χ1v) is 7.63. The van der Waals surface area contributed by atoms with Gasteiger partial charge in [0.25, 0.3) is 0 Å². The number of aliphatic hydroxyl groups is 1. The normalized spacial score (nSPS) is 14.1. The van der Waals surface area contributed by atoms with Gasteiger partial charge in [0.05, 0.1) is 0 Å². The lowest BCUT2D eigenvalue weighted by Gasteiger charge is -2.17. The molecule has 0 aliphatic heterocycles. The van der Waals surface area contributed by atoms with Gasteiger partial charge in [-0.25, -0.2) is 0 Å². The van der Waals surface area contributed by atoms with Crippen LogP contribution in [0.2, 0.25) is 0 Å². The van der Waals surface area contributed by atoms with Gasteiger partial charge in [-0.2, -0.15) is 0 Å². The first-order valence-electron chi connectivity index (χ1n) is 7.63. The molecule has 0 spiro atoms. The zero-order valence-electron chi connectivity index (χ0n) is 13.3. The number of rotatable bonds is 9. The molecule has 0 heterocycles. The lowest BCUT2D eigenvalue weighted by Crippen LogP contribution is -2.36. The molecule has 3 heteroatoms. The average molecular weight is 279 g/mol. The number of nitrogens with one attached hydrogen (secondary N) is 1. The molecule has 114 valence electrons. The van der Waals surface area contributed by atoms with Crippen LogP contribution in [0.5, 0.6) is 5.75 Å². The summed E-state index contributed by atoms with van der Waals surface area (Å²) in [7, 11) is 0. The summed E-state index contributed by atoms with van der Waals surface area (Å²) >= 11 is 0. The molecule has 0 bridgehead atoms. The Hall–Kier alpha value is -1.06. The Morgan fingerprint density at radius 3 is 2.45 bits per heavy atom. The van der Waals surface area contributed by atoms with Gasteiger partial charge in [-0.3, -0.25) is 0 Å². The molecule has 2 N–H and O–H groups in total. The molecule has 2 unspecified atom stereocenters. The second-order valence-electron chi connectivity index (χ2n) is 5.74. The van der Waals surface area contributed by atoms with Gasteiger partial charge in [0.1, 0.15) is 18.5 Å². The number of aliphatic hydroxyl groups excluding tert-OH is 1. The fourth-order valence-corrected chi connectivity index (χ4v) is 2.22. The fourth-order valence-electron chi connectivity index (χ4n) is 2.22. The van der Waals surface area contributed by atoms with Crippen LogP contribution in [-0.4, -0.2) is 30.4 Å². The van der Waals surface area contributed by atoms with Gasteiger partial charge in [0, 0.05) is 12.6 Å². The van der Waals surface area contributed by atoms with E-state index in [0.29, 0.717) is 19.2 Å². The minimum Gasteiger partial charge on any atom is -0.491 e. The number of hydrogen-bond donors (Lipinski definition) is 2. The molecule has 0 saturated carbocycles. The summed E-state index contributed by atoms with van der Waals surface area (Å²) in [6.07, 6.45) is 3.12. The van der Waals surface area contributed by atoms with Crippen molar-refractivity contribution < 1.29 is 9.84 Å². The van der Waals surface area contributed by atoms with E-state index in [2.05, 4.69) is 25.2 Å². The van der Waals surface area contributed by atoms with E-state index in [9.17, 15) is 5.11 Å². The smallest absolute Gasteiger partial charge is 0.119 e. The van der Waals surface area contributed by atoms with Crippen molar-refractivity contribution in [2.75, 3.05) is 13.2 Å². The lowest BCUT2D eigenvalue weighted by molar-refractivity contribution is 0.103. The van der Waals surface area contributed by atoms with Gasteiger partial charge in [-0.1, -0.05) is 25.8 Å². The minimum absolute atomic E-state index is 0.330. The Labute approximate surface area is 123 Å². The number of unbranched alkanes of at least 4 members (excludes halogenated alkanes) is 1. The molecule has 0 aliphatic rings. The highest BCUT2D eigenvalue weighted by molar-refractivity contribution is 5.32. The summed E-state index contributed by atoms with van der Waals surface area (Å²) in [6.45, 7) is 9.36. The highest BCUT2D eigenvalue weighted by Crippen LogP contribution is 2.16. The van der Waals surface area contributed by atoms with Crippen LogP contribution in [0, 0.1) is 13.8 Å². The van der Waals surface area contributed by atoms with E-state index in [1.54, 1.807) is 0 Å².